The molecule has 2 atom stereocenters. The lowest BCUT2D eigenvalue weighted by Gasteiger charge is -2.35. The normalized spacial score (nSPS) is 29.7. The van der Waals surface area contributed by atoms with Crippen molar-refractivity contribution in [2.24, 2.45) is 17.3 Å². The molecule has 0 heterocycles. The molecular weight excluding hydrogens is 316 g/mol. The second-order valence-corrected chi connectivity index (χ2v) is 8.75. The van der Waals surface area contributed by atoms with Crippen LogP contribution in [0.15, 0.2) is 0 Å². The highest BCUT2D eigenvalue weighted by atomic mass is 16.2. The molecule has 0 aromatic heterocycles. The van der Waals surface area contributed by atoms with E-state index in [1.807, 2.05) is 13.8 Å². The molecule has 3 amide bonds. The quantitative estimate of drug-likeness (QED) is 0.789. The van der Waals surface area contributed by atoms with Crippen LogP contribution >= 0.6 is 0 Å². The van der Waals surface area contributed by atoms with Crippen molar-refractivity contribution < 1.29 is 14.4 Å². The van der Waals surface area contributed by atoms with Gasteiger partial charge in [0.2, 0.25) is 5.91 Å². The summed E-state index contributed by atoms with van der Waals surface area (Å²) in [5.74, 6) is -0.736. The van der Waals surface area contributed by atoms with Crippen molar-refractivity contribution in [3.05, 3.63) is 0 Å². The Morgan fingerprint density at radius 1 is 0.960 bits per heavy atom. The number of aldehydes is 1. The predicted octanol–water partition coefficient (Wildman–Crippen LogP) is 3.66. The summed E-state index contributed by atoms with van der Waals surface area (Å²) in [4.78, 5) is 39.0. The van der Waals surface area contributed by atoms with Gasteiger partial charge in [-0.1, -0.05) is 52.4 Å². The number of carbonyl (C=O) groups excluding carboxylic acids is 3. The summed E-state index contributed by atoms with van der Waals surface area (Å²) >= 11 is 0. The lowest BCUT2D eigenvalue weighted by atomic mass is 9.93. The first-order chi connectivity index (χ1) is 12.0. The largest absolute Gasteiger partial charge is 0.335 e. The molecule has 0 aromatic rings. The lowest BCUT2D eigenvalue weighted by molar-refractivity contribution is -0.133. The summed E-state index contributed by atoms with van der Waals surface area (Å²) in [7, 11) is 0. The fraction of sp³-hybridized carbons (Fsp3) is 0.850. The van der Waals surface area contributed by atoms with E-state index in [4.69, 9.17) is 0 Å². The van der Waals surface area contributed by atoms with Gasteiger partial charge in [0, 0.05) is 18.0 Å². The Labute approximate surface area is 150 Å². The van der Waals surface area contributed by atoms with Crippen LogP contribution in [0.1, 0.15) is 78.1 Å². The van der Waals surface area contributed by atoms with Crippen molar-refractivity contribution in [3.63, 3.8) is 0 Å². The maximum absolute atomic E-state index is 13.2. The Kier molecular flexibility index (Phi) is 5.49. The van der Waals surface area contributed by atoms with Crippen molar-refractivity contribution in [3.8, 4) is 0 Å². The smallest absolute Gasteiger partial charge is 0.324 e. The van der Waals surface area contributed by atoms with E-state index in [1.54, 1.807) is 0 Å². The van der Waals surface area contributed by atoms with Gasteiger partial charge < -0.3 is 10.1 Å². The van der Waals surface area contributed by atoms with E-state index in [2.05, 4.69) is 5.32 Å². The fourth-order valence-corrected chi connectivity index (χ4v) is 4.83. The van der Waals surface area contributed by atoms with Crippen LogP contribution in [0.4, 0.5) is 4.79 Å². The van der Waals surface area contributed by atoms with Gasteiger partial charge in [0.15, 0.2) is 0 Å². The predicted molar refractivity (Wildman–Crippen MR) is 95.9 cm³/mol. The molecule has 25 heavy (non-hydrogen) atoms. The third-order valence-electron chi connectivity index (χ3n) is 6.65. The number of amides is 3. The minimum absolute atomic E-state index is 0.00598. The molecule has 1 N–H and O–H groups in total. The van der Waals surface area contributed by atoms with E-state index in [0.717, 1.165) is 57.7 Å². The molecule has 0 spiro atoms. The summed E-state index contributed by atoms with van der Waals surface area (Å²) in [6.07, 6.45) is 11.5. The van der Waals surface area contributed by atoms with Crippen LogP contribution in [0.3, 0.4) is 0 Å². The first-order valence-corrected chi connectivity index (χ1v) is 10.1. The van der Waals surface area contributed by atoms with Crippen LogP contribution in [0, 0.1) is 17.3 Å². The van der Waals surface area contributed by atoms with Crippen molar-refractivity contribution in [2.45, 2.75) is 90.1 Å². The molecule has 5 heteroatoms. The Morgan fingerprint density at radius 3 is 2.04 bits per heavy atom. The number of imide groups is 1. The third-order valence-corrected chi connectivity index (χ3v) is 6.65. The summed E-state index contributed by atoms with van der Waals surface area (Å²) in [6.45, 7) is 3.90. The van der Waals surface area contributed by atoms with Gasteiger partial charge in [0.1, 0.15) is 6.29 Å². The summed E-state index contributed by atoms with van der Waals surface area (Å²) in [5, 5.41) is 3.12. The Balaban J connectivity index is 1.73. The van der Waals surface area contributed by atoms with Gasteiger partial charge in [0.25, 0.3) is 0 Å². The standard InChI is InChI=1S/C20H32N2O3/c1-20(2)16(13-23)17(20)18(24)22(15-11-7-4-8-12-15)19(25)21-14-9-5-3-6-10-14/h13-17H,3-12H2,1-2H3,(H,21,25)/t16-,17-/m0/s1. The maximum atomic E-state index is 13.2. The highest BCUT2D eigenvalue weighted by Gasteiger charge is 2.63. The van der Waals surface area contributed by atoms with Crippen molar-refractivity contribution in [2.75, 3.05) is 0 Å². The molecule has 3 rings (SSSR count). The summed E-state index contributed by atoms with van der Waals surface area (Å²) < 4.78 is 0. The number of urea groups is 1. The van der Waals surface area contributed by atoms with Gasteiger partial charge in [0.05, 0.1) is 5.92 Å². The van der Waals surface area contributed by atoms with Gasteiger partial charge in [-0.25, -0.2) is 4.79 Å². The molecule has 3 aliphatic rings. The number of nitrogens with zero attached hydrogens (tertiary/aromatic N) is 1. The molecule has 0 bridgehead atoms. The van der Waals surface area contributed by atoms with Crippen molar-refractivity contribution >= 4 is 18.2 Å². The van der Waals surface area contributed by atoms with Crippen LogP contribution in [-0.2, 0) is 9.59 Å². The molecule has 0 radical (unpaired) electrons. The van der Waals surface area contributed by atoms with E-state index in [0.29, 0.717) is 0 Å². The van der Waals surface area contributed by atoms with Gasteiger partial charge in [-0.15, -0.1) is 0 Å². The molecule has 3 aliphatic carbocycles. The molecule has 0 saturated heterocycles. The minimum atomic E-state index is -0.343. The van der Waals surface area contributed by atoms with Crippen molar-refractivity contribution in [1.82, 2.24) is 10.2 Å². The molecule has 3 saturated carbocycles. The highest BCUT2D eigenvalue weighted by molar-refractivity contribution is 5.99. The monoisotopic (exact) mass is 348 g/mol. The summed E-state index contributed by atoms with van der Waals surface area (Å²) in [6, 6.07) is -0.0427. The van der Waals surface area contributed by atoms with Gasteiger partial charge in [-0.3, -0.25) is 9.69 Å². The average molecular weight is 348 g/mol. The second kappa shape index (κ2) is 7.46. The Hall–Kier alpha value is -1.39. The summed E-state index contributed by atoms with van der Waals surface area (Å²) in [5.41, 5.74) is -0.323. The SMILES string of the molecule is CC1(C)[C@H](C(=O)N(C(=O)NC2CCCCC2)C2CCCCC2)[C@@H]1C=O. The van der Waals surface area contributed by atoms with Crippen LogP contribution in [0.2, 0.25) is 0 Å². The number of hydrogen-bond acceptors (Lipinski definition) is 3. The second-order valence-electron chi connectivity index (χ2n) is 8.75. The van der Waals surface area contributed by atoms with Gasteiger partial charge in [-0.05, 0) is 31.1 Å². The van der Waals surface area contributed by atoms with Gasteiger partial charge >= 0.3 is 6.03 Å². The van der Waals surface area contributed by atoms with Crippen LogP contribution < -0.4 is 5.32 Å². The van der Waals surface area contributed by atoms with E-state index in [-0.39, 0.29) is 41.3 Å². The number of nitrogens with one attached hydrogen (secondary N) is 1. The third kappa shape index (κ3) is 3.75. The molecule has 5 nitrogen and oxygen atoms in total. The lowest BCUT2D eigenvalue weighted by Crippen LogP contribution is -2.53. The van der Waals surface area contributed by atoms with Crippen LogP contribution in [0.25, 0.3) is 0 Å². The van der Waals surface area contributed by atoms with E-state index < -0.39 is 0 Å². The molecule has 0 unspecified atom stereocenters. The molecule has 0 aromatic carbocycles. The van der Waals surface area contributed by atoms with E-state index in [1.165, 1.54) is 17.7 Å². The fourth-order valence-electron chi connectivity index (χ4n) is 4.83. The zero-order valence-electron chi connectivity index (χ0n) is 15.6. The molecular formula is C20H32N2O3. The van der Waals surface area contributed by atoms with E-state index >= 15 is 0 Å². The first kappa shape index (κ1) is 18.4. The molecule has 140 valence electrons. The minimum Gasteiger partial charge on any atom is -0.335 e. The van der Waals surface area contributed by atoms with Crippen LogP contribution in [0.5, 0.6) is 0 Å². The topological polar surface area (TPSA) is 66.5 Å². The Bertz CT molecular complexity index is 519. The first-order valence-electron chi connectivity index (χ1n) is 10.1. The van der Waals surface area contributed by atoms with Gasteiger partial charge in [-0.2, -0.15) is 0 Å². The van der Waals surface area contributed by atoms with Crippen molar-refractivity contribution in [1.29, 1.82) is 0 Å². The van der Waals surface area contributed by atoms with E-state index in [9.17, 15) is 14.4 Å². The zero-order valence-corrected chi connectivity index (χ0v) is 15.6. The molecule has 0 aliphatic heterocycles. The highest BCUT2D eigenvalue weighted by Crippen LogP contribution is 2.58. The van der Waals surface area contributed by atoms with Crippen LogP contribution in [-0.4, -0.2) is 35.2 Å². The molecule has 3 fully saturated rings. The number of hydrogen-bond donors (Lipinski definition) is 1. The zero-order chi connectivity index (χ0) is 18.0. The Morgan fingerprint density at radius 2 is 1.52 bits per heavy atom. The maximum Gasteiger partial charge on any atom is 0.324 e. The number of rotatable bonds is 4. The number of carbonyl (C=O) groups is 3. The average Bonchev–Trinajstić information content (AvgIpc) is 3.18.